The van der Waals surface area contributed by atoms with Gasteiger partial charge in [0.05, 0.1) is 0 Å². The summed E-state index contributed by atoms with van der Waals surface area (Å²) in [6, 6.07) is 5.96. The molecular weight excluding hydrogens is 234 g/mol. The van der Waals surface area contributed by atoms with Crippen molar-refractivity contribution in [2.24, 2.45) is 0 Å². The molecule has 108 valence electrons. The first kappa shape index (κ1) is 17.7. The van der Waals surface area contributed by atoms with E-state index in [0.29, 0.717) is 0 Å². The van der Waals surface area contributed by atoms with Crippen molar-refractivity contribution in [3.8, 4) is 0 Å². The maximum atomic E-state index is 12.0. The van der Waals surface area contributed by atoms with Gasteiger partial charge in [0, 0.05) is 18.7 Å². The van der Waals surface area contributed by atoms with Crippen LogP contribution in [0.25, 0.3) is 0 Å². The smallest absolute Gasteiger partial charge is 0.253 e. The first-order valence-electron chi connectivity index (χ1n) is 7.55. The maximum absolute atomic E-state index is 12.0. The lowest BCUT2D eigenvalue weighted by Gasteiger charge is -2.15. The number of hydrogen-bond donors (Lipinski definition) is 0. The highest BCUT2D eigenvalue weighted by Crippen LogP contribution is 2.15. The molecular formula is C17H29NO. The van der Waals surface area contributed by atoms with E-state index in [0.717, 1.165) is 31.5 Å². The first-order chi connectivity index (χ1) is 9.18. The standard InChI is InChI=1S/C13H17NO.2C2H6/c1-10-5-6-12(9-11(10)2)13(15)14-7-3-4-8-14;2*1-2/h5-6,9H,3-4,7-8H2,1-2H3;2*1-2H3. The lowest BCUT2D eigenvalue weighted by molar-refractivity contribution is 0.0792. The van der Waals surface area contributed by atoms with Gasteiger partial charge in [-0.2, -0.15) is 0 Å². The van der Waals surface area contributed by atoms with E-state index in [9.17, 15) is 4.79 Å². The van der Waals surface area contributed by atoms with E-state index < -0.39 is 0 Å². The van der Waals surface area contributed by atoms with Crippen LogP contribution in [0.1, 0.15) is 62.0 Å². The predicted octanol–water partition coefficient (Wildman–Crippen LogP) is 4.59. The van der Waals surface area contributed by atoms with Crippen LogP contribution >= 0.6 is 0 Å². The van der Waals surface area contributed by atoms with Crippen LogP contribution in [-0.4, -0.2) is 23.9 Å². The Balaban J connectivity index is 0.000000741. The molecule has 0 unspecified atom stereocenters. The molecule has 2 nitrogen and oxygen atoms in total. The first-order valence-corrected chi connectivity index (χ1v) is 7.55. The van der Waals surface area contributed by atoms with Gasteiger partial charge in [-0.25, -0.2) is 0 Å². The van der Waals surface area contributed by atoms with E-state index in [4.69, 9.17) is 0 Å². The van der Waals surface area contributed by atoms with Gasteiger partial charge in [-0.15, -0.1) is 0 Å². The summed E-state index contributed by atoms with van der Waals surface area (Å²) in [4.78, 5) is 14.0. The monoisotopic (exact) mass is 263 g/mol. The van der Waals surface area contributed by atoms with Crippen molar-refractivity contribution in [1.29, 1.82) is 0 Å². The Morgan fingerprint density at radius 3 is 1.95 bits per heavy atom. The number of nitrogens with zero attached hydrogens (tertiary/aromatic N) is 1. The Labute approximate surface area is 118 Å². The molecule has 0 aliphatic carbocycles. The molecule has 0 bridgehead atoms. The van der Waals surface area contributed by atoms with Crippen LogP contribution in [0.15, 0.2) is 18.2 Å². The summed E-state index contributed by atoms with van der Waals surface area (Å²) >= 11 is 0. The molecule has 1 aromatic carbocycles. The van der Waals surface area contributed by atoms with Gasteiger partial charge in [0.25, 0.3) is 5.91 Å². The SMILES string of the molecule is CC.CC.Cc1ccc(C(=O)N2CCCC2)cc1C. The van der Waals surface area contributed by atoms with Crippen molar-refractivity contribution in [2.45, 2.75) is 54.4 Å². The Kier molecular flexibility index (Phi) is 8.94. The Bertz CT molecular complexity index is 379. The minimum absolute atomic E-state index is 0.190. The van der Waals surface area contributed by atoms with Crippen LogP contribution in [0, 0.1) is 13.8 Å². The second-order valence-corrected chi connectivity index (χ2v) is 4.30. The molecule has 0 radical (unpaired) electrons. The molecule has 1 aromatic rings. The number of rotatable bonds is 1. The predicted molar refractivity (Wildman–Crippen MR) is 83.7 cm³/mol. The number of benzene rings is 1. The largest absolute Gasteiger partial charge is 0.339 e. The van der Waals surface area contributed by atoms with E-state index in [1.807, 2.05) is 50.8 Å². The van der Waals surface area contributed by atoms with Crippen molar-refractivity contribution in [3.05, 3.63) is 34.9 Å². The van der Waals surface area contributed by atoms with Crippen molar-refractivity contribution in [3.63, 3.8) is 0 Å². The van der Waals surface area contributed by atoms with Gasteiger partial charge >= 0.3 is 0 Å². The van der Waals surface area contributed by atoms with Crippen molar-refractivity contribution >= 4 is 5.91 Å². The van der Waals surface area contributed by atoms with Crippen LogP contribution in [0.4, 0.5) is 0 Å². The molecule has 0 N–H and O–H groups in total. The van der Waals surface area contributed by atoms with Gasteiger partial charge in [0.2, 0.25) is 0 Å². The molecule has 19 heavy (non-hydrogen) atoms. The van der Waals surface area contributed by atoms with Gasteiger partial charge in [-0.05, 0) is 49.9 Å². The molecule has 1 fully saturated rings. The van der Waals surface area contributed by atoms with Crippen molar-refractivity contribution in [1.82, 2.24) is 4.90 Å². The number of carbonyl (C=O) groups is 1. The molecule has 0 saturated carbocycles. The third-order valence-corrected chi connectivity index (χ3v) is 3.15. The van der Waals surface area contributed by atoms with Gasteiger partial charge < -0.3 is 4.90 Å². The second kappa shape index (κ2) is 9.60. The Morgan fingerprint density at radius 2 is 1.47 bits per heavy atom. The zero-order chi connectivity index (χ0) is 14.8. The fourth-order valence-corrected chi connectivity index (χ4v) is 1.98. The number of carbonyl (C=O) groups excluding carboxylic acids is 1. The summed E-state index contributed by atoms with van der Waals surface area (Å²) in [6.07, 6.45) is 2.30. The molecule has 1 saturated heterocycles. The average Bonchev–Trinajstić information content (AvgIpc) is 3.00. The lowest BCUT2D eigenvalue weighted by atomic mass is 10.1. The Hall–Kier alpha value is -1.31. The molecule has 1 amide bonds. The van der Waals surface area contributed by atoms with Crippen molar-refractivity contribution in [2.75, 3.05) is 13.1 Å². The minimum atomic E-state index is 0.190. The van der Waals surface area contributed by atoms with Crippen LogP contribution in [0.2, 0.25) is 0 Å². The molecule has 0 aromatic heterocycles. The molecule has 2 heteroatoms. The summed E-state index contributed by atoms with van der Waals surface area (Å²) in [5.41, 5.74) is 3.27. The summed E-state index contributed by atoms with van der Waals surface area (Å²) in [7, 11) is 0. The van der Waals surface area contributed by atoms with Crippen LogP contribution < -0.4 is 0 Å². The topological polar surface area (TPSA) is 20.3 Å². The van der Waals surface area contributed by atoms with E-state index in [2.05, 4.69) is 13.8 Å². The average molecular weight is 263 g/mol. The third kappa shape index (κ3) is 5.06. The van der Waals surface area contributed by atoms with E-state index in [1.165, 1.54) is 11.1 Å². The van der Waals surface area contributed by atoms with E-state index in [1.54, 1.807) is 0 Å². The van der Waals surface area contributed by atoms with Gasteiger partial charge in [-0.1, -0.05) is 33.8 Å². The summed E-state index contributed by atoms with van der Waals surface area (Å²) < 4.78 is 0. The van der Waals surface area contributed by atoms with Crippen LogP contribution in [0.3, 0.4) is 0 Å². The number of hydrogen-bond acceptors (Lipinski definition) is 1. The number of amides is 1. The van der Waals surface area contributed by atoms with Gasteiger partial charge in [-0.3, -0.25) is 4.79 Å². The highest BCUT2D eigenvalue weighted by atomic mass is 16.2. The Morgan fingerprint density at radius 1 is 0.947 bits per heavy atom. The summed E-state index contributed by atoms with van der Waals surface area (Å²) in [5, 5.41) is 0. The zero-order valence-electron chi connectivity index (χ0n) is 13.4. The number of likely N-dealkylation sites (tertiary alicyclic amines) is 1. The minimum Gasteiger partial charge on any atom is -0.339 e. The van der Waals surface area contributed by atoms with Crippen LogP contribution in [-0.2, 0) is 0 Å². The molecule has 1 aliphatic rings. The molecule has 2 rings (SSSR count). The summed E-state index contributed by atoms with van der Waals surface area (Å²) in [5.74, 6) is 0.190. The molecule has 1 aliphatic heterocycles. The fourth-order valence-electron chi connectivity index (χ4n) is 1.98. The van der Waals surface area contributed by atoms with Crippen LogP contribution in [0.5, 0.6) is 0 Å². The second-order valence-electron chi connectivity index (χ2n) is 4.30. The molecule has 0 atom stereocenters. The van der Waals surface area contributed by atoms with E-state index >= 15 is 0 Å². The van der Waals surface area contributed by atoms with Gasteiger partial charge in [0.1, 0.15) is 0 Å². The maximum Gasteiger partial charge on any atom is 0.253 e. The van der Waals surface area contributed by atoms with Gasteiger partial charge in [0.15, 0.2) is 0 Å². The highest BCUT2D eigenvalue weighted by Gasteiger charge is 2.19. The summed E-state index contributed by atoms with van der Waals surface area (Å²) in [6.45, 7) is 14.0. The molecule has 0 spiro atoms. The van der Waals surface area contributed by atoms with E-state index in [-0.39, 0.29) is 5.91 Å². The normalized spacial score (nSPS) is 13.1. The highest BCUT2D eigenvalue weighted by molar-refractivity contribution is 5.94. The van der Waals surface area contributed by atoms with Crippen molar-refractivity contribution < 1.29 is 4.79 Å². The number of aryl methyl sites for hydroxylation is 2. The fraction of sp³-hybridized carbons (Fsp3) is 0.588. The lowest BCUT2D eigenvalue weighted by Crippen LogP contribution is -2.27. The quantitative estimate of drug-likeness (QED) is 0.725. The molecule has 1 heterocycles. The zero-order valence-corrected chi connectivity index (χ0v) is 13.4. The third-order valence-electron chi connectivity index (χ3n) is 3.15.